The maximum atomic E-state index is 5.99. The first kappa shape index (κ1) is 26.9. The molecule has 0 saturated heterocycles. The zero-order valence-corrected chi connectivity index (χ0v) is 21.3. The fourth-order valence-corrected chi connectivity index (χ4v) is 3.60. The summed E-state index contributed by atoms with van der Waals surface area (Å²) in [6.07, 6.45) is 12.9. The Hall–Kier alpha value is -4.31. The van der Waals surface area contributed by atoms with Crippen molar-refractivity contribution in [2.45, 2.75) is 20.8 Å². The van der Waals surface area contributed by atoms with Crippen molar-refractivity contribution >= 4 is 22.4 Å². The van der Waals surface area contributed by atoms with Gasteiger partial charge in [-0.25, -0.2) is 0 Å². The Morgan fingerprint density at radius 1 is 1.09 bits per heavy atom. The molecule has 1 aromatic heterocycles. The number of rotatable bonds is 11. The van der Waals surface area contributed by atoms with Gasteiger partial charge in [-0.3, -0.25) is 4.98 Å². The molecule has 0 aliphatic carbocycles. The topological polar surface area (TPSA) is 63.0 Å². The molecule has 180 valence electrons. The molecule has 35 heavy (non-hydrogen) atoms. The number of nitrogens with two attached hydrogens (primary N) is 1. The van der Waals surface area contributed by atoms with Crippen LogP contribution in [0.5, 0.6) is 0 Å². The third-order valence-electron chi connectivity index (χ3n) is 5.74. The molecule has 0 unspecified atom stereocenters. The SMILES string of the molecule is C=C/C=C(\C(C)=C(/C)NC(=C)C(=C)c1cc(C(/C=C(/N)C=C)=C/C)ccc1NC)c1cccnc1. The highest BCUT2D eigenvalue weighted by Gasteiger charge is 2.13. The Morgan fingerprint density at radius 3 is 2.40 bits per heavy atom. The fourth-order valence-electron chi connectivity index (χ4n) is 3.60. The van der Waals surface area contributed by atoms with Crippen molar-refractivity contribution in [1.29, 1.82) is 0 Å². The smallest absolute Gasteiger partial charge is 0.0418 e. The molecule has 1 aromatic carbocycles. The van der Waals surface area contributed by atoms with E-state index in [1.807, 2.05) is 63.5 Å². The summed E-state index contributed by atoms with van der Waals surface area (Å²) < 4.78 is 0. The highest BCUT2D eigenvalue weighted by Crippen LogP contribution is 2.31. The zero-order chi connectivity index (χ0) is 26.0. The van der Waals surface area contributed by atoms with Crippen LogP contribution in [0.3, 0.4) is 0 Å². The fraction of sp³-hybridized carbons (Fsp3) is 0.129. The molecule has 0 spiro atoms. The molecule has 2 aromatic rings. The average molecular weight is 465 g/mol. The summed E-state index contributed by atoms with van der Waals surface area (Å²) in [5, 5.41) is 6.70. The van der Waals surface area contributed by atoms with Crippen LogP contribution in [-0.2, 0) is 0 Å². The second-order valence-electron chi connectivity index (χ2n) is 7.99. The quantitative estimate of drug-likeness (QED) is 0.307. The lowest BCUT2D eigenvalue weighted by Crippen LogP contribution is -2.13. The van der Waals surface area contributed by atoms with Gasteiger partial charge in [0, 0.05) is 53.3 Å². The molecule has 0 radical (unpaired) electrons. The Kier molecular flexibility index (Phi) is 9.85. The van der Waals surface area contributed by atoms with Crippen molar-refractivity contribution in [1.82, 2.24) is 10.3 Å². The number of nitrogens with zero attached hydrogens (tertiary/aromatic N) is 1. The van der Waals surface area contributed by atoms with Crippen LogP contribution in [0.4, 0.5) is 5.69 Å². The van der Waals surface area contributed by atoms with Gasteiger partial charge >= 0.3 is 0 Å². The molecule has 2 rings (SSSR count). The monoisotopic (exact) mass is 464 g/mol. The van der Waals surface area contributed by atoms with Gasteiger partial charge in [0.25, 0.3) is 0 Å². The second kappa shape index (κ2) is 12.8. The van der Waals surface area contributed by atoms with Gasteiger partial charge in [-0.15, -0.1) is 0 Å². The standard InChI is InChI=1S/C31H36N4/c1-9-13-29(27-14-12-17-34-20-27)21(4)23(6)35-24(7)22(5)30-19-26(15-16-31(30)33-8)25(10-2)18-28(32)11-3/h9-20,33,35H,1,3,5,7,32H2,2,4,6,8H3/b23-21+,25-10+,28-18+,29-13+. The van der Waals surface area contributed by atoms with Gasteiger partial charge in [0.05, 0.1) is 0 Å². The maximum Gasteiger partial charge on any atom is 0.0418 e. The van der Waals surface area contributed by atoms with Gasteiger partial charge in [-0.1, -0.05) is 56.7 Å². The molecule has 4 nitrogen and oxygen atoms in total. The Labute approximate surface area is 210 Å². The zero-order valence-electron chi connectivity index (χ0n) is 21.3. The summed E-state index contributed by atoms with van der Waals surface area (Å²) in [6.45, 7) is 22.3. The van der Waals surface area contributed by atoms with Crippen molar-refractivity contribution in [2.75, 3.05) is 12.4 Å². The summed E-state index contributed by atoms with van der Waals surface area (Å²) >= 11 is 0. The lowest BCUT2D eigenvalue weighted by molar-refractivity contribution is 0.995. The molecule has 0 atom stereocenters. The molecular weight excluding hydrogens is 428 g/mol. The summed E-state index contributed by atoms with van der Waals surface area (Å²) in [7, 11) is 1.89. The largest absolute Gasteiger partial charge is 0.399 e. The number of anilines is 1. The van der Waals surface area contributed by atoms with Gasteiger partial charge < -0.3 is 16.4 Å². The predicted molar refractivity (Wildman–Crippen MR) is 154 cm³/mol. The highest BCUT2D eigenvalue weighted by molar-refractivity contribution is 5.87. The molecule has 0 amide bonds. The molecule has 4 heteroatoms. The van der Waals surface area contributed by atoms with Gasteiger partial charge in [-0.05, 0) is 79.0 Å². The van der Waals surface area contributed by atoms with Crippen molar-refractivity contribution < 1.29 is 0 Å². The number of aromatic nitrogens is 1. The minimum Gasteiger partial charge on any atom is -0.399 e. The van der Waals surface area contributed by atoms with E-state index in [0.717, 1.165) is 50.4 Å². The van der Waals surface area contributed by atoms with Crippen molar-refractivity contribution in [3.8, 4) is 0 Å². The van der Waals surface area contributed by atoms with Crippen molar-refractivity contribution in [3.05, 3.63) is 139 Å². The van der Waals surface area contributed by atoms with E-state index in [2.05, 4.69) is 61.0 Å². The second-order valence-corrected chi connectivity index (χ2v) is 7.99. The van der Waals surface area contributed by atoms with E-state index in [9.17, 15) is 0 Å². The van der Waals surface area contributed by atoms with E-state index in [-0.39, 0.29) is 0 Å². The van der Waals surface area contributed by atoms with Crippen LogP contribution in [0.25, 0.3) is 16.7 Å². The van der Waals surface area contributed by atoms with E-state index >= 15 is 0 Å². The number of pyridine rings is 1. The van der Waals surface area contributed by atoms with Crippen LogP contribution < -0.4 is 16.4 Å². The lowest BCUT2D eigenvalue weighted by atomic mass is 9.95. The van der Waals surface area contributed by atoms with Crippen LogP contribution >= 0.6 is 0 Å². The molecule has 0 bridgehead atoms. The van der Waals surface area contributed by atoms with E-state index in [1.54, 1.807) is 18.3 Å². The summed E-state index contributed by atoms with van der Waals surface area (Å²) in [6, 6.07) is 10.1. The Balaban J connectivity index is 2.41. The first-order chi connectivity index (χ1) is 16.8. The highest BCUT2D eigenvalue weighted by atomic mass is 14.9. The van der Waals surface area contributed by atoms with Crippen LogP contribution in [0, 0.1) is 0 Å². The molecular formula is C31H36N4. The first-order valence-electron chi connectivity index (χ1n) is 11.4. The van der Waals surface area contributed by atoms with Gasteiger partial charge in [0.1, 0.15) is 0 Å². The molecule has 0 aliphatic heterocycles. The number of allylic oxidation sites excluding steroid dienone is 10. The molecule has 0 fully saturated rings. The number of nitrogens with one attached hydrogen (secondary N) is 2. The van der Waals surface area contributed by atoms with Crippen LogP contribution in [0.1, 0.15) is 37.5 Å². The molecule has 4 N–H and O–H groups in total. The summed E-state index contributed by atoms with van der Waals surface area (Å²) in [5.41, 5.74) is 16.1. The lowest BCUT2D eigenvalue weighted by Gasteiger charge is -2.19. The van der Waals surface area contributed by atoms with Gasteiger partial charge in [0.15, 0.2) is 0 Å². The van der Waals surface area contributed by atoms with E-state index < -0.39 is 0 Å². The molecule has 0 saturated carbocycles. The van der Waals surface area contributed by atoms with Crippen molar-refractivity contribution in [2.24, 2.45) is 5.73 Å². The Morgan fingerprint density at radius 2 is 1.83 bits per heavy atom. The van der Waals surface area contributed by atoms with Crippen LogP contribution in [0.2, 0.25) is 0 Å². The molecule has 1 heterocycles. The summed E-state index contributed by atoms with van der Waals surface area (Å²) in [5.74, 6) is 0. The number of hydrogen-bond acceptors (Lipinski definition) is 4. The normalized spacial score (nSPS) is 13.0. The minimum atomic E-state index is 0.607. The maximum absolute atomic E-state index is 5.99. The van der Waals surface area contributed by atoms with Gasteiger partial charge in [-0.2, -0.15) is 0 Å². The Bertz CT molecular complexity index is 1240. The minimum absolute atomic E-state index is 0.607. The predicted octanol–water partition coefficient (Wildman–Crippen LogP) is 7.24. The number of hydrogen-bond donors (Lipinski definition) is 3. The average Bonchev–Trinajstić information content (AvgIpc) is 2.89. The third kappa shape index (κ3) is 6.84. The van der Waals surface area contributed by atoms with E-state index in [4.69, 9.17) is 5.73 Å². The van der Waals surface area contributed by atoms with E-state index in [1.165, 1.54) is 0 Å². The molecule has 0 aliphatic rings. The van der Waals surface area contributed by atoms with Gasteiger partial charge in [0.2, 0.25) is 0 Å². The van der Waals surface area contributed by atoms with Crippen molar-refractivity contribution in [3.63, 3.8) is 0 Å². The summed E-state index contributed by atoms with van der Waals surface area (Å²) in [4.78, 5) is 4.25. The van der Waals surface area contributed by atoms with Crippen LogP contribution in [-0.4, -0.2) is 12.0 Å². The van der Waals surface area contributed by atoms with E-state index in [0.29, 0.717) is 11.4 Å². The first-order valence-corrected chi connectivity index (χ1v) is 11.4. The van der Waals surface area contributed by atoms with Crippen LogP contribution in [0.15, 0.2) is 122 Å². The third-order valence-corrected chi connectivity index (χ3v) is 5.74. The number of benzene rings is 1.